The van der Waals surface area contributed by atoms with Gasteiger partial charge in [-0.25, -0.2) is 4.79 Å². The van der Waals surface area contributed by atoms with Crippen molar-refractivity contribution >= 4 is 23.6 Å². The van der Waals surface area contributed by atoms with E-state index in [0.29, 0.717) is 30.3 Å². The van der Waals surface area contributed by atoms with Crippen LogP contribution in [0.2, 0.25) is 5.02 Å². The minimum absolute atomic E-state index is 0.115. The van der Waals surface area contributed by atoms with Crippen LogP contribution >= 0.6 is 11.6 Å². The third-order valence-corrected chi connectivity index (χ3v) is 4.41. The number of carbonyl (C=O) groups excluding carboxylic acids is 2. The van der Waals surface area contributed by atoms with Crippen LogP contribution in [0.4, 0.5) is 4.79 Å². The normalized spacial score (nSPS) is 16.0. The largest absolute Gasteiger partial charge is 0.487 e. The van der Waals surface area contributed by atoms with E-state index in [9.17, 15) is 9.59 Å². The topological polar surface area (TPSA) is 80.8 Å². The maximum atomic E-state index is 12.3. The predicted octanol–water partition coefficient (Wildman–Crippen LogP) is 2.64. The van der Waals surface area contributed by atoms with Crippen LogP contribution in [0.1, 0.15) is 12.0 Å². The number of likely N-dealkylation sites (tertiary alicyclic amines) is 1. The molecule has 3 rings (SSSR count). The van der Waals surface area contributed by atoms with E-state index in [1.165, 1.54) is 6.20 Å². The van der Waals surface area contributed by atoms with E-state index < -0.39 is 6.09 Å². The van der Waals surface area contributed by atoms with E-state index in [1.54, 1.807) is 17.2 Å². The molecular formula is C19H20ClN3O4. The van der Waals surface area contributed by atoms with Gasteiger partial charge in [0.15, 0.2) is 0 Å². The number of hydrogen-bond donors (Lipinski definition) is 1. The third-order valence-electron chi connectivity index (χ3n) is 4.12. The zero-order chi connectivity index (χ0) is 19.1. The number of amides is 2. The van der Waals surface area contributed by atoms with E-state index in [1.807, 2.05) is 30.3 Å². The molecule has 8 heteroatoms. The van der Waals surface area contributed by atoms with Crippen molar-refractivity contribution in [2.24, 2.45) is 0 Å². The number of benzene rings is 1. The summed E-state index contributed by atoms with van der Waals surface area (Å²) in [7, 11) is 0. The van der Waals surface area contributed by atoms with Crippen molar-refractivity contribution in [3.63, 3.8) is 0 Å². The molecule has 0 unspecified atom stereocenters. The van der Waals surface area contributed by atoms with E-state index in [2.05, 4.69) is 10.3 Å². The van der Waals surface area contributed by atoms with Crippen molar-refractivity contribution in [2.75, 3.05) is 19.6 Å². The highest BCUT2D eigenvalue weighted by Crippen LogP contribution is 2.25. The monoisotopic (exact) mass is 389 g/mol. The molecule has 1 aliphatic rings. The van der Waals surface area contributed by atoms with E-state index >= 15 is 0 Å². The zero-order valence-corrected chi connectivity index (χ0v) is 15.4. The fourth-order valence-electron chi connectivity index (χ4n) is 2.72. The molecule has 142 valence electrons. The lowest BCUT2D eigenvalue weighted by Crippen LogP contribution is -2.39. The second-order valence-corrected chi connectivity index (χ2v) is 6.50. The van der Waals surface area contributed by atoms with Crippen molar-refractivity contribution in [3.8, 4) is 5.75 Å². The molecule has 0 aliphatic carbocycles. The van der Waals surface area contributed by atoms with Gasteiger partial charge in [-0.1, -0.05) is 41.9 Å². The number of aromatic nitrogens is 1. The first kappa shape index (κ1) is 19.0. The van der Waals surface area contributed by atoms with Gasteiger partial charge in [-0.3, -0.25) is 9.78 Å². The number of alkyl carbamates (subject to hydrolysis) is 1. The van der Waals surface area contributed by atoms with Gasteiger partial charge in [-0.2, -0.15) is 0 Å². The van der Waals surface area contributed by atoms with Gasteiger partial charge >= 0.3 is 6.09 Å². The molecule has 1 N–H and O–H groups in total. The molecule has 0 radical (unpaired) electrons. The summed E-state index contributed by atoms with van der Waals surface area (Å²) in [4.78, 5) is 29.5. The molecule has 1 aromatic carbocycles. The minimum Gasteiger partial charge on any atom is -0.487 e. The lowest BCUT2D eigenvalue weighted by Gasteiger charge is -2.18. The molecule has 1 atom stereocenters. The molecular weight excluding hydrogens is 370 g/mol. The number of ether oxygens (including phenoxy) is 2. The Morgan fingerprint density at radius 1 is 1.26 bits per heavy atom. The number of halogens is 1. The van der Waals surface area contributed by atoms with Crippen molar-refractivity contribution in [3.05, 3.63) is 59.4 Å². The number of rotatable bonds is 6. The first-order valence-corrected chi connectivity index (χ1v) is 8.98. The number of nitrogens with one attached hydrogen (secondary N) is 1. The summed E-state index contributed by atoms with van der Waals surface area (Å²) < 4.78 is 10.9. The van der Waals surface area contributed by atoms with Crippen LogP contribution in [0.15, 0.2) is 48.8 Å². The first-order chi connectivity index (χ1) is 13.1. The van der Waals surface area contributed by atoms with Crippen molar-refractivity contribution in [1.82, 2.24) is 15.2 Å². The first-order valence-electron chi connectivity index (χ1n) is 8.60. The standard InChI is InChI=1S/C19H20ClN3O4/c20-16-10-21-8-6-17(16)27-15-7-9-23(12-15)18(24)11-22-19(25)26-13-14-4-2-1-3-5-14/h1-6,8,10,15H,7,9,11-13H2,(H,22,25)/t15-/m0/s1. The number of pyridine rings is 1. The molecule has 0 saturated carbocycles. The average Bonchev–Trinajstić information content (AvgIpc) is 3.16. The van der Waals surface area contributed by atoms with Crippen LogP contribution in [0.3, 0.4) is 0 Å². The molecule has 2 aromatic rings. The molecule has 1 aromatic heterocycles. The Balaban J connectivity index is 1.38. The van der Waals surface area contributed by atoms with Crippen molar-refractivity contribution < 1.29 is 19.1 Å². The molecule has 27 heavy (non-hydrogen) atoms. The van der Waals surface area contributed by atoms with Crippen molar-refractivity contribution in [1.29, 1.82) is 0 Å². The molecule has 1 aliphatic heterocycles. The van der Waals surface area contributed by atoms with Crippen LogP contribution in [0.25, 0.3) is 0 Å². The Morgan fingerprint density at radius 3 is 2.85 bits per heavy atom. The zero-order valence-electron chi connectivity index (χ0n) is 14.6. The van der Waals surface area contributed by atoms with Crippen LogP contribution in [-0.2, 0) is 16.1 Å². The average molecular weight is 390 g/mol. The summed E-state index contributed by atoms with van der Waals surface area (Å²) in [5.74, 6) is 0.368. The summed E-state index contributed by atoms with van der Waals surface area (Å²) in [6.07, 6.45) is 3.05. The van der Waals surface area contributed by atoms with Gasteiger partial charge in [-0.05, 0) is 5.56 Å². The Morgan fingerprint density at radius 2 is 2.07 bits per heavy atom. The highest BCUT2D eigenvalue weighted by atomic mass is 35.5. The van der Waals surface area contributed by atoms with E-state index in [0.717, 1.165) is 5.56 Å². The summed E-state index contributed by atoms with van der Waals surface area (Å²) in [6, 6.07) is 11.0. The fourth-order valence-corrected chi connectivity index (χ4v) is 2.89. The quantitative estimate of drug-likeness (QED) is 0.821. The number of hydrogen-bond acceptors (Lipinski definition) is 5. The van der Waals surface area contributed by atoms with Crippen LogP contribution in [0.5, 0.6) is 5.75 Å². The van der Waals surface area contributed by atoms with Crippen LogP contribution in [0, 0.1) is 0 Å². The lowest BCUT2D eigenvalue weighted by molar-refractivity contribution is -0.129. The smallest absolute Gasteiger partial charge is 0.407 e. The molecule has 7 nitrogen and oxygen atoms in total. The Labute approximate surface area is 162 Å². The summed E-state index contributed by atoms with van der Waals surface area (Å²) in [6.45, 7) is 1.05. The van der Waals surface area contributed by atoms with Crippen molar-refractivity contribution in [2.45, 2.75) is 19.1 Å². The van der Waals surface area contributed by atoms with Gasteiger partial charge < -0.3 is 19.7 Å². The van der Waals surface area contributed by atoms with Crippen LogP contribution in [-0.4, -0.2) is 47.6 Å². The number of carbonyl (C=O) groups is 2. The third kappa shape index (κ3) is 5.59. The highest BCUT2D eigenvalue weighted by molar-refractivity contribution is 6.31. The fraction of sp³-hybridized carbons (Fsp3) is 0.316. The Kier molecular flexibility index (Phi) is 6.49. The second-order valence-electron chi connectivity index (χ2n) is 6.09. The molecule has 2 heterocycles. The maximum Gasteiger partial charge on any atom is 0.407 e. The van der Waals surface area contributed by atoms with Gasteiger partial charge in [0.25, 0.3) is 0 Å². The molecule has 1 saturated heterocycles. The predicted molar refractivity (Wildman–Crippen MR) is 99.5 cm³/mol. The summed E-state index contributed by atoms with van der Waals surface area (Å²) in [5, 5.41) is 2.92. The lowest BCUT2D eigenvalue weighted by atomic mass is 10.2. The molecule has 1 fully saturated rings. The molecule has 0 bridgehead atoms. The summed E-state index contributed by atoms with van der Waals surface area (Å²) in [5.41, 5.74) is 0.883. The molecule has 2 amide bonds. The van der Waals surface area contributed by atoms with E-state index in [-0.39, 0.29) is 25.2 Å². The summed E-state index contributed by atoms with van der Waals surface area (Å²) >= 11 is 6.03. The van der Waals surface area contributed by atoms with Gasteiger partial charge in [0, 0.05) is 31.4 Å². The van der Waals surface area contributed by atoms with Gasteiger partial charge in [0.05, 0.1) is 6.54 Å². The van der Waals surface area contributed by atoms with Gasteiger partial charge in [-0.15, -0.1) is 0 Å². The minimum atomic E-state index is -0.622. The second kappa shape index (κ2) is 9.23. The molecule has 0 spiro atoms. The Bertz CT molecular complexity index is 788. The maximum absolute atomic E-state index is 12.3. The van der Waals surface area contributed by atoms with Gasteiger partial charge in [0.2, 0.25) is 5.91 Å². The van der Waals surface area contributed by atoms with Gasteiger partial charge in [0.1, 0.15) is 30.0 Å². The van der Waals surface area contributed by atoms with E-state index in [4.69, 9.17) is 21.1 Å². The Hall–Kier alpha value is -2.80. The number of nitrogens with zero attached hydrogens (tertiary/aromatic N) is 2. The van der Waals surface area contributed by atoms with Crippen LogP contribution < -0.4 is 10.1 Å². The SMILES string of the molecule is O=C(NCC(=O)N1CC[C@H](Oc2ccncc2Cl)C1)OCc1ccccc1. The highest BCUT2D eigenvalue weighted by Gasteiger charge is 2.28.